The average molecular weight is 361 g/mol. The topological polar surface area (TPSA) is 95.3 Å². The summed E-state index contributed by atoms with van der Waals surface area (Å²) < 4.78 is 32.8. The van der Waals surface area contributed by atoms with Gasteiger partial charge in [-0.2, -0.15) is 4.31 Å². The number of hydrogen-bond donors (Lipinski definition) is 2. The van der Waals surface area contributed by atoms with Crippen LogP contribution in [-0.4, -0.2) is 49.0 Å². The molecule has 3 aromatic rings. The van der Waals surface area contributed by atoms with E-state index in [1.165, 1.54) is 4.31 Å². The first kappa shape index (κ1) is 16.3. The zero-order valence-electron chi connectivity index (χ0n) is 13.8. The Morgan fingerprint density at radius 3 is 2.68 bits per heavy atom. The minimum absolute atomic E-state index is 0.0581. The molecule has 25 heavy (non-hydrogen) atoms. The normalized spacial score (nSPS) is 16.9. The SMILES string of the molecule is CN(C1CCOCC1)S(=O)(=O)c1ccc2[nH]c(=O)c3[nH]ccc3c2c1. The van der Waals surface area contributed by atoms with Gasteiger partial charge in [0.2, 0.25) is 10.0 Å². The van der Waals surface area contributed by atoms with Crippen LogP contribution in [-0.2, 0) is 14.8 Å². The Bertz CT molecular complexity index is 1090. The van der Waals surface area contributed by atoms with Crippen LogP contribution in [0.2, 0.25) is 0 Å². The number of aromatic nitrogens is 2. The highest BCUT2D eigenvalue weighted by molar-refractivity contribution is 7.89. The average Bonchev–Trinajstić information content (AvgIpc) is 3.12. The van der Waals surface area contributed by atoms with Crippen LogP contribution in [0.3, 0.4) is 0 Å². The summed E-state index contributed by atoms with van der Waals surface area (Å²) in [5.74, 6) is 0. The molecule has 0 unspecified atom stereocenters. The summed E-state index contributed by atoms with van der Waals surface area (Å²) in [7, 11) is -2.00. The molecule has 4 rings (SSSR count). The lowest BCUT2D eigenvalue weighted by atomic mass is 10.1. The van der Waals surface area contributed by atoms with E-state index < -0.39 is 10.0 Å². The van der Waals surface area contributed by atoms with Crippen LogP contribution in [0.25, 0.3) is 21.8 Å². The van der Waals surface area contributed by atoms with E-state index in [1.54, 1.807) is 37.5 Å². The van der Waals surface area contributed by atoms with Crippen molar-refractivity contribution in [3.05, 3.63) is 40.8 Å². The van der Waals surface area contributed by atoms with Gasteiger partial charge >= 0.3 is 0 Å². The van der Waals surface area contributed by atoms with Crippen LogP contribution >= 0.6 is 0 Å². The van der Waals surface area contributed by atoms with Crippen molar-refractivity contribution in [1.82, 2.24) is 14.3 Å². The van der Waals surface area contributed by atoms with Crippen molar-refractivity contribution in [2.24, 2.45) is 0 Å². The Kier molecular flexibility index (Phi) is 3.90. The van der Waals surface area contributed by atoms with E-state index in [9.17, 15) is 13.2 Å². The van der Waals surface area contributed by atoms with Crippen LogP contribution in [0, 0.1) is 0 Å². The highest BCUT2D eigenvalue weighted by Crippen LogP contribution is 2.27. The molecule has 1 aliphatic rings. The van der Waals surface area contributed by atoms with Crippen molar-refractivity contribution in [2.75, 3.05) is 20.3 Å². The van der Waals surface area contributed by atoms with E-state index in [0.717, 1.165) is 0 Å². The van der Waals surface area contributed by atoms with E-state index in [1.807, 2.05) is 0 Å². The Morgan fingerprint density at radius 2 is 1.92 bits per heavy atom. The third-order valence-electron chi connectivity index (χ3n) is 4.89. The number of pyridine rings is 1. The Balaban J connectivity index is 1.83. The fourth-order valence-electron chi connectivity index (χ4n) is 3.39. The van der Waals surface area contributed by atoms with Crippen LogP contribution in [0.15, 0.2) is 40.2 Å². The predicted molar refractivity (Wildman–Crippen MR) is 95.2 cm³/mol. The lowest BCUT2D eigenvalue weighted by Gasteiger charge is -2.30. The molecule has 0 bridgehead atoms. The molecule has 1 aliphatic heterocycles. The standard InChI is InChI=1S/C17H19N3O4S/c1-20(11-5-8-24-9-6-11)25(22,23)12-2-3-15-14(10-12)13-4-7-18-16(13)17(21)19-15/h2-4,7,10-11,18H,5-6,8-9H2,1H3,(H,19,21). The summed E-state index contributed by atoms with van der Waals surface area (Å²) in [4.78, 5) is 17.9. The van der Waals surface area contributed by atoms with Gasteiger partial charge < -0.3 is 14.7 Å². The second-order valence-corrected chi connectivity index (χ2v) is 8.29. The maximum Gasteiger partial charge on any atom is 0.272 e. The molecule has 132 valence electrons. The molecule has 8 heteroatoms. The van der Waals surface area contributed by atoms with E-state index in [0.29, 0.717) is 47.9 Å². The maximum atomic E-state index is 13.0. The third kappa shape index (κ3) is 2.66. The summed E-state index contributed by atoms with van der Waals surface area (Å²) in [6.45, 7) is 1.15. The molecular weight excluding hydrogens is 342 g/mol. The van der Waals surface area contributed by atoms with E-state index in [2.05, 4.69) is 9.97 Å². The van der Waals surface area contributed by atoms with Gasteiger partial charge in [0, 0.05) is 48.8 Å². The zero-order valence-corrected chi connectivity index (χ0v) is 14.6. The number of rotatable bonds is 3. The lowest BCUT2D eigenvalue weighted by Crippen LogP contribution is -2.40. The van der Waals surface area contributed by atoms with Crippen molar-refractivity contribution >= 4 is 31.8 Å². The van der Waals surface area contributed by atoms with Gasteiger partial charge in [-0.15, -0.1) is 0 Å². The molecule has 2 N–H and O–H groups in total. The minimum atomic E-state index is -3.62. The molecule has 0 radical (unpaired) electrons. The molecule has 3 heterocycles. The summed E-state index contributed by atoms with van der Waals surface area (Å²) in [5.41, 5.74) is 0.840. The Labute approximate surface area is 144 Å². The zero-order chi connectivity index (χ0) is 17.6. The monoisotopic (exact) mass is 361 g/mol. The molecule has 0 saturated carbocycles. The molecule has 7 nitrogen and oxygen atoms in total. The molecule has 0 atom stereocenters. The summed E-state index contributed by atoms with van der Waals surface area (Å²) >= 11 is 0. The van der Waals surface area contributed by atoms with Gasteiger partial charge in [-0.25, -0.2) is 8.42 Å². The number of sulfonamides is 1. The quantitative estimate of drug-likeness (QED) is 0.744. The van der Waals surface area contributed by atoms with Gasteiger partial charge in [-0.1, -0.05) is 0 Å². The summed E-state index contributed by atoms with van der Waals surface area (Å²) in [5, 5.41) is 1.42. The van der Waals surface area contributed by atoms with Crippen molar-refractivity contribution < 1.29 is 13.2 Å². The van der Waals surface area contributed by atoms with E-state index in [-0.39, 0.29) is 16.5 Å². The maximum absolute atomic E-state index is 13.0. The molecular formula is C17H19N3O4S. The molecule has 0 aliphatic carbocycles. The molecule has 2 aromatic heterocycles. The number of fused-ring (bicyclic) bond motifs is 3. The smallest absolute Gasteiger partial charge is 0.272 e. The largest absolute Gasteiger partial charge is 0.381 e. The Morgan fingerprint density at radius 1 is 1.16 bits per heavy atom. The Hall–Kier alpha value is -2.16. The number of aromatic amines is 2. The van der Waals surface area contributed by atoms with Gasteiger partial charge in [0.1, 0.15) is 5.52 Å². The van der Waals surface area contributed by atoms with Gasteiger partial charge in [0.25, 0.3) is 5.56 Å². The van der Waals surface area contributed by atoms with Crippen LogP contribution < -0.4 is 5.56 Å². The van der Waals surface area contributed by atoms with Crippen molar-refractivity contribution in [2.45, 2.75) is 23.8 Å². The van der Waals surface area contributed by atoms with E-state index in [4.69, 9.17) is 4.74 Å². The summed E-state index contributed by atoms with van der Waals surface area (Å²) in [6, 6.07) is 6.55. The number of benzene rings is 1. The highest BCUT2D eigenvalue weighted by atomic mass is 32.2. The van der Waals surface area contributed by atoms with Crippen LogP contribution in [0.4, 0.5) is 0 Å². The van der Waals surface area contributed by atoms with Gasteiger partial charge in [-0.05, 0) is 37.1 Å². The van der Waals surface area contributed by atoms with Gasteiger partial charge in [0.05, 0.1) is 4.90 Å². The van der Waals surface area contributed by atoms with Crippen molar-refractivity contribution in [3.63, 3.8) is 0 Å². The lowest BCUT2D eigenvalue weighted by molar-refractivity contribution is 0.0632. The summed E-state index contributed by atoms with van der Waals surface area (Å²) in [6.07, 6.45) is 3.06. The third-order valence-corrected chi connectivity index (χ3v) is 6.79. The first-order valence-corrected chi connectivity index (χ1v) is 9.61. The fraction of sp³-hybridized carbons (Fsp3) is 0.353. The molecule has 0 amide bonds. The first-order valence-electron chi connectivity index (χ1n) is 8.17. The van der Waals surface area contributed by atoms with Gasteiger partial charge in [-0.3, -0.25) is 4.79 Å². The first-order chi connectivity index (χ1) is 12.0. The number of H-pyrrole nitrogens is 2. The second kappa shape index (κ2) is 5.98. The van der Waals surface area contributed by atoms with Crippen molar-refractivity contribution in [3.8, 4) is 0 Å². The van der Waals surface area contributed by atoms with Crippen molar-refractivity contribution in [1.29, 1.82) is 0 Å². The van der Waals surface area contributed by atoms with Crippen LogP contribution in [0.5, 0.6) is 0 Å². The predicted octanol–water partition coefficient (Wildman–Crippen LogP) is 1.81. The second-order valence-electron chi connectivity index (χ2n) is 6.29. The van der Waals surface area contributed by atoms with Crippen LogP contribution in [0.1, 0.15) is 12.8 Å². The highest BCUT2D eigenvalue weighted by Gasteiger charge is 2.29. The number of nitrogens with one attached hydrogen (secondary N) is 2. The number of ether oxygens (including phenoxy) is 1. The minimum Gasteiger partial charge on any atom is -0.381 e. The molecule has 1 saturated heterocycles. The molecule has 0 spiro atoms. The number of hydrogen-bond acceptors (Lipinski definition) is 4. The molecule has 1 aromatic carbocycles. The fourth-order valence-corrected chi connectivity index (χ4v) is 4.84. The van der Waals surface area contributed by atoms with E-state index >= 15 is 0 Å². The molecule has 1 fully saturated rings. The van der Waals surface area contributed by atoms with Gasteiger partial charge in [0.15, 0.2) is 0 Å². The number of nitrogens with zero attached hydrogens (tertiary/aromatic N) is 1.